The van der Waals surface area contributed by atoms with E-state index in [4.69, 9.17) is 0 Å². The summed E-state index contributed by atoms with van der Waals surface area (Å²) in [5.41, 5.74) is 0.989. The molecule has 1 saturated carbocycles. The summed E-state index contributed by atoms with van der Waals surface area (Å²) in [4.78, 5) is 25.6. The highest BCUT2D eigenvalue weighted by atomic mass is 16.2. The molecular formula is C18H29N5O. The van der Waals surface area contributed by atoms with Crippen molar-refractivity contribution in [3.05, 3.63) is 18.0 Å². The van der Waals surface area contributed by atoms with Crippen molar-refractivity contribution in [1.29, 1.82) is 0 Å². The van der Waals surface area contributed by atoms with Gasteiger partial charge in [0.05, 0.1) is 6.54 Å². The van der Waals surface area contributed by atoms with Gasteiger partial charge in [-0.05, 0) is 31.7 Å². The molecule has 6 nitrogen and oxygen atoms in total. The Kier molecular flexibility index (Phi) is 5.66. The van der Waals surface area contributed by atoms with Crippen molar-refractivity contribution in [3.8, 4) is 0 Å². The van der Waals surface area contributed by atoms with Crippen LogP contribution in [0.2, 0.25) is 0 Å². The number of rotatable bonds is 4. The van der Waals surface area contributed by atoms with Crippen molar-refractivity contribution in [2.45, 2.75) is 45.6 Å². The highest BCUT2D eigenvalue weighted by molar-refractivity contribution is 5.78. The first-order valence-corrected chi connectivity index (χ1v) is 9.16. The van der Waals surface area contributed by atoms with Crippen LogP contribution in [-0.2, 0) is 4.79 Å². The second-order valence-corrected chi connectivity index (χ2v) is 7.30. The van der Waals surface area contributed by atoms with Crippen molar-refractivity contribution in [2.24, 2.45) is 5.92 Å². The minimum Gasteiger partial charge on any atom is -0.352 e. The summed E-state index contributed by atoms with van der Waals surface area (Å²) >= 11 is 0. The lowest BCUT2D eigenvalue weighted by Gasteiger charge is -2.35. The van der Waals surface area contributed by atoms with E-state index in [9.17, 15) is 4.79 Å². The van der Waals surface area contributed by atoms with Gasteiger partial charge in [0, 0.05) is 44.1 Å². The summed E-state index contributed by atoms with van der Waals surface area (Å²) in [5.74, 6) is 1.71. The van der Waals surface area contributed by atoms with Crippen LogP contribution >= 0.6 is 0 Å². The molecule has 2 heterocycles. The molecular weight excluding hydrogens is 302 g/mol. The van der Waals surface area contributed by atoms with Gasteiger partial charge in [0.1, 0.15) is 0 Å². The zero-order chi connectivity index (χ0) is 16.9. The summed E-state index contributed by atoms with van der Waals surface area (Å²) in [6.45, 7) is 8.28. The molecule has 1 aliphatic heterocycles. The van der Waals surface area contributed by atoms with Crippen LogP contribution in [0.4, 0.5) is 5.95 Å². The molecule has 1 amide bonds. The van der Waals surface area contributed by atoms with E-state index >= 15 is 0 Å². The molecule has 1 saturated heterocycles. The van der Waals surface area contributed by atoms with Crippen LogP contribution in [0, 0.1) is 12.8 Å². The number of amides is 1. The number of hydrogen-bond acceptors (Lipinski definition) is 5. The molecule has 24 heavy (non-hydrogen) atoms. The normalized spacial score (nSPS) is 25.5. The Balaban J connectivity index is 1.42. The number of piperazine rings is 1. The number of carbonyl (C=O) groups excluding carboxylic acids is 1. The van der Waals surface area contributed by atoms with Gasteiger partial charge >= 0.3 is 0 Å². The number of carbonyl (C=O) groups is 1. The van der Waals surface area contributed by atoms with Crippen LogP contribution in [0.5, 0.6) is 0 Å². The maximum atomic E-state index is 12.3. The lowest BCUT2D eigenvalue weighted by atomic mass is 9.87. The molecule has 3 rings (SSSR count). The Morgan fingerprint density at radius 2 is 2.08 bits per heavy atom. The van der Waals surface area contributed by atoms with E-state index in [0.717, 1.165) is 56.6 Å². The van der Waals surface area contributed by atoms with E-state index in [-0.39, 0.29) is 5.91 Å². The van der Waals surface area contributed by atoms with Crippen LogP contribution in [0.3, 0.4) is 0 Å². The SMILES string of the molecule is Cc1ccnc(N2CCN(CC(=O)NC3CCCC(C)C3)CC2)n1. The highest BCUT2D eigenvalue weighted by Crippen LogP contribution is 2.23. The maximum Gasteiger partial charge on any atom is 0.234 e. The first-order valence-electron chi connectivity index (χ1n) is 9.16. The van der Waals surface area contributed by atoms with Crippen molar-refractivity contribution in [1.82, 2.24) is 20.2 Å². The average Bonchev–Trinajstić information content (AvgIpc) is 2.55. The van der Waals surface area contributed by atoms with Crippen LogP contribution in [0.1, 0.15) is 38.3 Å². The number of aryl methyl sites for hydroxylation is 1. The van der Waals surface area contributed by atoms with E-state index < -0.39 is 0 Å². The summed E-state index contributed by atoms with van der Waals surface area (Å²) in [5, 5.41) is 3.23. The fraction of sp³-hybridized carbons (Fsp3) is 0.722. The number of nitrogens with one attached hydrogen (secondary N) is 1. The third kappa shape index (κ3) is 4.66. The lowest BCUT2D eigenvalue weighted by molar-refractivity contribution is -0.123. The zero-order valence-electron chi connectivity index (χ0n) is 14.9. The van der Waals surface area contributed by atoms with E-state index in [1.807, 2.05) is 19.2 Å². The Hall–Kier alpha value is -1.69. The maximum absolute atomic E-state index is 12.3. The number of nitrogens with zero attached hydrogens (tertiary/aromatic N) is 4. The predicted molar refractivity (Wildman–Crippen MR) is 95.0 cm³/mol. The van der Waals surface area contributed by atoms with Crippen molar-refractivity contribution >= 4 is 11.9 Å². The van der Waals surface area contributed by atoms with E-state index in [2.05, 4.69) is 32.0 Å². The topological polar surface area (TPSA) is 61.4 Å². The molecule has 0 bridgehead atoms. The zero-order valence-corrected chi connectivity index (χ0v) is 14.9. The van der Waals surface area contributed by atoms with Gasteiger partial charge in [-0.3, -0.25) is 9.69 Å². The van der Waals surface area contributed by atoms with E-state index in [0.29, 0.717) is 12.6 Å². The Morgan fingerprint density at radius 3 is 2.79 bits per heavy atom. The van der Waals surface area contributed by atoms with Crippen molar-refractivity contribution < 1.29 is 4.79 Å². The molecule has 2 atom stereocenters. The summed E-state index contributed by atoms with van der Waals surface area (Å²) in [6, 6.07) is 2.29. The smallest absolute Gasteiger partial charge is 0.234 e. The molecule has 0 radical (unpaired) electrons. The molecule has 1 aliphatic carbocycles. The van der Waals surface area contributed by atoms with Gasteiger partial charge in [0.15, 0.2) is 0 Å². The molecule has 6 heteroatoms. The molecule has 2 fully saturated rings. The van der Waals surface area contributed by atoms with Gasteiger partial charge in [-0.1, -0.05) is 19.8 Å². The largest absolute Gasteiger partial charge is 0.352 e. The molecule has 132 valence electrons. The average molecular weight is 331 g/mol. The van der Waals surface area contributed by atoms with Gasteiger partial charge in [-0.25, -0.2) is 9.97 Å². The summed E-state index contributed by atoms with van der Waals surface area (Å²) < 4.78 is 0. The Morgan fingerprint density at radius 1 is 1.29 bits per heavy atom. The molecule has 0 aromatic carbocycles. The fourth-order valence-electron chi connectivity index (χ4n) is 3.74. The summed E-state index contributed by atoms with van der Waals surface area (Å²) in [6.07, 6.45) is 6.61. The highest BCUT2D eigenvalue weighted by Gasteiger charge is 2.23. The van der Waals surface area contributed by atoms with Crippen LogP contribution in [-0.4, -0.2) is 59.5 Å². The van der Waals surface area contributed by atoms with Crippen molar-refractivity contribution in [3.63, 3.8) is 0 Å². The van der Waals surface area contributed by atoms with Crippen LogP contribution in [0.15, 0.2) is 12.3 Å². The monoisotopic (exact) mass is 331 g/mol. The predicted octanol–water partition coefficient (Wildman–Crippen LogP) is 1.60. The lowest BCUT2D eigenvalue weighted by Crippen LogP contribution is -2.51. The van der Waals surface area contributed by atoms with E-state index in [1.165, 1.54) is 12.8 Å². The third-order valence-corrected chi connectivity index (χ3v) is 5.11. The molecule has 1 aromatic rings. The Bertz CT molecular complexity index is 556. The van der Waals surface area contributed by atoms with Gasteiger partial charge < -0.3 is 10.2 Å². The van der Waals surface area contributed by atoms with Gasteiger partial charge in [0.25, 0.3) is 0 Å². The van der Waals surface area contributed by atoms with E-state index in [1.54, 1.807) is 0 Å². The molecule has 0 spiro atoms. The standard InChI is InChI=1S/C18H29N5O/c1-14-4-3-5-16(12-14)21-17(24)13-22-8-10-23(11-9-22)18-19-7-6-15(2)20-18/h6-7,14,16H,3-5,8-13H2,1-2H3,(H,21,24). The molecule has 2 aliphatic rings. The number of hydrogen-bond donors (Lipinski definition) is 1. The molecule has 1 N–H and O–H groups in total. The fourth-order valence-corrected chi connectivity index (χ4v) is 3.74. The van der Waals surface area contributed by atoms with Crippen LogP contribution in [0.25, 0.3) is 0 Å². The van der Waals surface area contributed by atoms with Gasteiger partial charge in [-0.2, -0.15) is 0 Å². The quantitative estimate of drug-likeness (QED) is 0.908. The van der Waals surface area contributed by atoms with Gasteiger partial charge in [0.2, 0.25) is 11.9 Å². The first-order chi connectivity index (χ1) is 11.6. The second-order valence-electron chi connectivity index (χ2n) is 7.30. The summed E-state index contributed by atoms with van der Waals surface area (Å²) in [7, 11) is 0. The second kappa shape index (κ2) is 7.92. The third-order valence-electron chi connectivity index (χ3n) is 5.11. The minimum atomic E-state index is 0.175. The molecule has 2 unspecified atom stereocenters. The first kappa shape index (κ1) is 17.1. The van der Waals surface area contributed by atoms with Crippen LogP contribution < -0.4 is 10.2 Å². The van der Waals surface area contributed by atoms with Crippen molar-refractivity contribution in [2.75, 3.05) is 37.6 Å². The minimum absolute atomic E-state index is 0.175. The number of aromatic nitrogens is 2. The molecule has 1 aromatic heterocycles. The number of anilines is 1. The Labute approximate surface area is 144 Å². The van der Waals surface area contributed by atoms with Gasteiger partial charge in [-0.15, -0.1) is 0 Å².